The number of aliphatic hydroxyl groups excluding tert-OH is 1. The summed E-state index contributed by atoms with van der Waals surface area (Å²) < 4.78 is 1.95. The standard InChI is InChI=1S/C16H21ClN2O/c1-12(2)19-7-6-16(18-19)10-14(11-20)8-13-4-3-5-15(17)9-13/h3-7,9,12,14,20H,8,10-11H2,1-2H3. The maximum atomic E-state index is 9.57. The molecule has 0 bridgehead atoms. The van der Waals surface area contributed by atoms with Crippen LogP contribution in [-0.4, -0.2) is 21.5 Å². The fraction of sp³-hybridized carbons (Fsp3) is 0.438. The Hall–Kier alpha value is -1.32. The van der Waals surface area contributed by atoms with Gasteiger partial charge in [0.2, 0.25) is 0 Å². The average molecular weight is 293 g/mol. The first-order valence-electron chi connectivity index (χ1n) is 6.98. The van der Waals surface area contributed by atoms with Crippen LogP contribution in [0.2, 0.25) is 5.02 Å². The van der Waals surface area contributed by atoms with E-state index in [1.54, 1.807) is 0 Å². The third-order valence-corrected chi connectivity index (χ3v) is 3.60. The van der Waals surface area contributed by atoms with E-state index < -0.39 is 0 Å². The van der Waals surface area contributed by atoms with Gasteiger partial charge in [-0.25, -0.2) is 0 Å². The zero-order valence-corrected chi connectivity index (χ0v) is 12.7. The van der Waals surface area contributed by atoms with Crippen LogP contribution in [0.15, 0.2) is 36.5 Å². The number of benzene rings is 1. The molecule has 3 nitrogen and oxygen atoms in total. The Morgan fingerprint density at radius 3 is 2.65 bits per heavy atom. The lowest BCUT2D eigenvalue weighted by molar-refractivity contribution is 0.224. The second kappa shape index (κ2) is 6.91. The number of aliphatic hydroxyl groups is 1. The van der Waals surface area contributed by atoms with Crippen molar-refractivity contribution in [2.24, 2.45) is 5.92 Å². The van der Waals surface area contributed by atoms with Crippen LogP contribution in [-0.2, 0) is 12.8 Å². The maximum Gasteiger partial charge on any atom is 0.0628 e. The highest BCUT2D eigenvalue weighted by atomic mass is 35.5. The molecule has 0 aliphatic rings. The third kappa shape index (κ3) is 4.09. The van der Waals surface area contributed by atoms with Crippen LogP contribution < -0.4 is 0 Å². The fourth-order valence-corrected chi connectivity index (χ4v) is 2.48. The van der Waals surface area contributed by atoms with Crippen molar-refractivity contribution in [1.82, 2.24) is 9.78 Å². The average Bonchev–Trinajstić information content (AvgIpc) is 2.87. The summed E-state index contributed by atoms with van der Waals surface area (Å²) in [5, 5.41) is 14.8. The smallest absolute Gasteiger partial charge is 0.0628 e. The zero-order chi connectivity index (χ0) is 14.5. The third-order valence-electron chi connectivity index (χ3n) is 3.36. The summed E-state index contributed by atoms with van der Waals surface area (Å²) in [5.74, 6) is 0.170. The topological polar surface area (TPSA) is 38.0 Å². The van der Waals surface area contributed by atoms with Crippen molar-refractivity contribution in [3.63, 3.8) is 0 Å². The van der Waals surface area contributed by atoms with Gasteiger partial charge in [0, 0.05) is 23.9 Å². The Kier molecular flexibility index (Phi) is 5.21. The molecule has 0 saturated heterocycles. The number of hydrogen-bond donors (Lipinski definition) is 1. The normalized spacial score (nSPS) is 12.8. The summed E-state index contributed by atoms with van der Waals surface area (Å²) >= 11 is 5.99. The van der Waals surface area contributed by atoms with Crippen LogP contribution in [0.3, 0.4) is 0 Å². The van der Waals surface area contributed by atoms with E-state index in [4.69, 9.17) is 11.6 Å². The molecule has 108 valence electrons. The molecule has 1 atom stereocenters. The second-order valence-corrected chi connectivity index (χ2v) is 5.90. The van der Waals surface area contributed by atoms with Crippen LogP contribution in [0.5, 0.6) is 0 Å². The maximum absolute atomic E-state index is 9.57. The molecule has 1 aromatic carbocycles. The molecule has 0 spiro atoms. The highest BCUT2D eigenvalue weighted by Crippen LogP contribution is 2.17. The number of rotatable bonds is 6. The largest absolute Gasteiger partial charge is 0.396 e. The Labute approximate surface area is 125 Å². The second-order valence-electron chi connectivity index (χ2n) is 5.47. The van der Waals surface area contributed by atoms with Crippen molar-refractivity contribution < 1.29 is 5.11 Å². The molecular weight excluding hydrogens is 272 g/mol. The lowest BCUT2D eigenvalue weighted by Crippen LogP contribution is -2.14. The lowest BCUT2D eigenvalue weighted by Gasteiger charge is -2.13. The molecule has 0 aliphatic carbocycles. The number of aromatic nitrogens is 2. The molecule has 4 heteroatoms. The molecule has 0 amide bonds. The molecule has 1 unspecified atom stereocenters. The fourth-order valence-electron chi connectivity index (χ4n) is 2.27. The predicted octanol–water partition coefficient (Wildman–Crippen LogP) is 3.51. The first-order chi connectivity index (χ1) is 9.58. The van der Waals surface area contributed by atoms with E-state index in [0.717, 1.165) is 29.1 Å². The first kappa shape index (κ1) is 15.1. The van der Waals surface area contributed by atoms with Gasteiger partial charge in [0.05, 0.1) is 5.69 Å². The SMILES string of the molecule is CC(C)n1ccc(CC(CO)Cc2cccc(Cl)c2)n1. The summed E-state index contributed by atoms with van der Waals surface area (Å²) in [4.78, 5) is 0. The zero-order valence-electron chi connectivity index (χ0n) is 12.0. The van der Waals surface area contributed by atoms with E-state index in [1.165, 1.54) is 0 Å². The number of nitrogens with zero attached hydrogens (tertiary/aromatic N) is 2. The van der Waals surface area contributed by atoms with Crippen molar-refractivity contribution in [3.8, 4) is 0 Å². The monoisotopic (exact) mass is 292 g/mol. The molecule has 0 aliphatic heterocycles. The van der Waals surface area contributed by atoms with Crippen molar-refractivity contribution >= 4 is 11.6 Å². The molecule has 0 fully saturated rings. The molecule has 1 heterocycles. The quantitative estimate of drug-likeness (QED) is 0.885. The van der Waals surface area contributed by atoms with Gasteiger partial charge < -0.3 is 5.11 Å². The Morgan fingerprint density at radius 2 is 2.05 bits per heavy atom. The number of hydrogen-bond acceptors (Lipinski definition) is 2. The Bertz CT molecular complexity index is 551. The molecule has 1 N–H and O–H groups in total. The highest BCUT2D eigenvalue weighted by Gasteiger charge is 2.12. The van der Waals surface area contributed by atoms with Crippen molar-refractivity contribution in [3.05, 3.63) is 52.8 Å². The summed E-state index contributed by atoms with van der Waals surface area (Å²) in [7, 11) is 0. The van der Waals surface area contributed by atoms with Gasteiger partial charge in [-0.2, -0.15) is 5.10 Å². The van der Waals surface area contributed by atoms with Gasteiger partial charge in [0.1, 0.15) is 0 Å². The van der Waals surface area contributed by atoms with E-state index in [-0.39, 0.29) is 12.5 Å². The molecule has 0 radical (unpaired) electrons. The van der Waals surface area contributed by atoms with Crippen LogP contribution in [0.1, 0.15) is 31.1 Å². The van der Waals surface area contributed by atoms with Gasteiger partial charge in [-0.3, -0.25) is 4.68 Å². The van der Waals surface area contributed by atoms with Crippen LogP contribution in [0.4, 0.5) is 0 Å². The van der Waals surface area contributed by atoms with Crippen molar-refractivity contribution in [2.45, 2.75) is 32.7 Å². The Morgan fingerprint density at radius 1 is 1.25 bits per heavy atom. The molecule has 0 saturated carbocycles. The van der Waals surface area contributed by atoms with Gasteiger partial charge in [0.25, 0.3) is 0 Å². The summed E-state index contributed by atoms with van der Waals surface area (Å²) in [6, 6.07) is 10.2. The first-order valence-corrected chi connectivity index (χ1v) is 7.35. The highest BCUT2D eigenvalue weighted by molar-refractivity contribution is 6.30. The predicted molar refractivity (Wildman–Crippen MR) is 82.0 cm³/mol. The van der Waals surface area contributed by atoms with Crippen LogP contribution >= 0.6 is 11.6 Å². The van der Waals surface area contributed by atoms with Gasteiger partial charge in [-0.1, -0.05) is 23.7 Å². The van der Waals surface area contributed by atoms with E-state index in [2.05, 4.69) is 18.9 Å². The van der Waals surface area contributed by atoms with Crippen LogP contribution in [0, 0.1) is 5.92 Å². The minimum atomic E-state index is 0.154. The molecule has 2 rings (SSSR count). The minimum Gasteiger partial charge on any atom is -0.396 e. The minimum absolute atomic E-state index is 0.154. The number of halogens is 1. The summed E-state index contributed by atoms with van der Waals surface area (Å²) in [6.45, 7) is 4.36. The van der Waals surface area contributed by atoms with E-state index in [0.29, 0.717) is 6.04 Å². The van der Waals surface area contributed by atoms with Gasteiger partial charge in [-0.05, 0) is 56.4 Å². The molecule has 1 aromatic heterocycles. The van der Waals surface area contributed by atoms with E-state index in [9.17, 15) is 5.11 Å². The van der Waals surface area contributed by atoms with Gasteiger partial charge in [-0.15, -0.1) is 0 Å². The van der Waals surface area contributed by atoms with E-state index >= 15 is 0 Å². The molecule has 2 aromatic rings. The Balaban J connectivity index is 2.01. The van der Waals surface area contributed by atoms with Crippen molar-refractivity contribution in [1.29, 1.82) is 0 Å². The summed E-state index contributed by atoms with van der Waals surface area (Å²) in [5.41, 5.74) is 2.18. The molecular formula is C16H21ClN2O. The van der Waals surface area contributed by atoms with Crippen molar-refractivity contribution in [2.75, 3.05) is 6.61 Å². The van der Waals surface area contributed by atoms with Gasteiger partial charge >= 0.3 is 0 Å². The molecule has 20 heavy (non-hydrogen) atoms. The van der Waals surface area contributed by atoms with Gasteiger partial charge in [0.15, 0.2) is 0 Å². The lowest BCUT2D eigenvalue weighted by atomic mass is 9.95. The summed E-state index contributed by atoms with van der Waals surface area (Å²) in [6.07, 6.45) is 3.59. The van der Waals surface area contributed by atoms with Crippen LogP contribution in [0.25, 0.3) is 0 Å². The van der Waals surface area contributed by atoms with E-state index in [1.807, 2.05) is 41.2 Å².